The van der Waals surface area contributed by atoms with E-state index >= 15 is 4.39 Å². The molecule has 0 unspecified atom stereocenters. The van der Waals surface area contributed by atoms with Crippen LogP contribution in [0.25, 0.3) is 0 Å². The summed E-state index contributed by atoms with van der Waals surface area (Å²) in [6.45, 7) is 0.0489. The largest absolute Gasteiger partial charge is 0.490 e. The highest BCUT2D eigenvalue weighted by atomic mass is 127. The average Bonchev–Trinajstić information content (AvgIpc) is 2.69. The van der Waals surface area contributed by atoms with Crippen molar-refractivity contribution in [3.05, 3.63) is 58.6 Å². The minimum Gasteiger partial charge on any atom is -0.490 e. The maximum atomic E-state index is 15.0. The van der Waals surface area contributed by atoms with E-state index in [-0.39, 0.29) is 29.2 Å². The van der Waals surface area contributed by atoms with Crippen molar-refractivity contribution in [2.45, 2.75) is 28.9 Å². The second-order valence-corrected chi connectivity index (χ2v) is 10.9. The number of rotatable bonds is 3. The average molecular weight is 539 g/mol. The van der Waals surface area contributed by atoms with Crippen LogP contribution in [0.5, 0.6) is 5.75 Å². The predicted octanol–water partition coefficient (Wildman–Crippen LogP) is 5.53. The molecule has 150 valence electrons. The highest BCUT2D eigenvalue weighted by Gasteiger charge is 2.59. The van der Waals surface area contributed by atoms with Crippen LogP contribution >= 0.6 is 34.2 Å². The van der Waals surface area contributed by atoms with E-state index in [1.807, 2.05) is 0 Å². The fraction of sp³-hybridized carbons (Fsp3) is 0.400. The zero-order chi connectivity index (χ0) is 20.1. The maximum Gasteiger partial charge on any atom is 0.188 e. The van der Waals surface area contributed by atoms with Crippen LogP contribution in [-0.2, 0) is 14.6 Å². The minimum absolute atomic E-state index is 0.0489. The quantitative estimate of drug-likeness (QED) is 0.381. The van der Waals surface area contributed by atoms with Gasteiger partial charge >= 0.3 is 0 Å². The van der Waals surface area contributed by atoms with Gasteiger partial charge in [-0.25, -0.2) is 17.2 Å². The number of hydrogen-bond donors (Lipinski definition) is 0. The van der Waals surface area contributed by atoms with E-state index in [1.165, 1.54) is 24.3 Å². The van der Waals surface area contributed by atoms with Crippen LogP contribution in [0, 0.1) is 23.5 Å². The molecule has 0 radical (unpaired) electrons. The van der Waals surface area contributed by atoms with Crippen molar-refractivity contribution in [2.24, 2.45) is 11.8 Å². The summed E-state index contributed by atoms with van der Waals surface area (Å²) >= 11 is 8.21. The van der Waals surface area contributed by atoms with Gasteiger partial charge < -0.3 is 4.74 Å². The van der Waals surface area contributed by atoms with Crippen molar-refractivity contribution in [1.82, 2.24) is 0 Å². The lowest BCUT2D eigenvalue weighted by Crippen LogP contribution is -2.52. The number of sulfone groups is 1. The lowest BCUT2D eigenvalue weighted by molar-refractivity contribution is 0.105. The summed E-state index contributed by atoms with van der Waals surface area (Å²) in [6, 6.07) is 7.83. The Morgan fingerprint density at radius 1 is 1.14 bits per heavy atom. The van der Waals surface area contributed by atoms with Crippen molar-refractivity contribution >= 4 is 44.0 Å². The molecular formula is C20H18ClF2IO3S. The van der Waals surface area contributed by atoms with Crippen molar-refractivity contribution in [2.75, 3.05) is 11.0 Å². The molecule has 2 aromatic rings. The molecule has 1 aliphatic heterocycles. The SMILES string of the molecule is O=S(=O)(c1ccc(Cl)cc1)[C@@]12CC[C@@H](CI)C[C@@H]1COc1c(F)ccc(F)c12. The Bertz CT molecular complexity index is 1010. The number of halogens is 4. The molecule has 1 fully saturated rings. The normalized spacial score (nSPS) is 26.9. The predicted molar refractivity (Wildman–Crippen MR) is 112 cm³/mol. The van der Waals surface area contributed by atoms with Crippen LogP contribution in [-0.4, -0.2) is 19.5 Å². The van der Waals surface area contributed by atoms with Gasteiger partial charge in [-0.1, -0.05) is 34.2 Å². The molecule has 8 heteroatoms. The molecule has 0 saturated heterocycles. The Labute approximate surface area is 181 Å². The Morgan fingerprint density at radius 2 is 1.82 bits per heavy atom. The topological polar surface area (TPSA) is 43.4 Å². The standard InChI is InChI=1S/C20H18ClF2IO3S/c21-14-1-3-15(4-2-14)28(25,26)20-8-7-12(10-24)9-13(20)11-27-19-17(23)6-5-16(22)18(19)20/h1-6,12-13H,7-11H2/t12-,13-,20+/m1/s1. The second-order valence-electron chi connectivity index (χ2n) is 7.38. The van der Waals surface area contributed by atoms with Gasteiger partial charge in [0, 0.05) is 15.4 Å². The van der Waals surface area contributed by atoms with E-state index in [1.54, 1.807) is 0 Å². The first-order valence-electron chi connectivity index (χ1n) is 8.98. The molecule has 2 aliphatic rings. The van der Waals surface area contributed by atoms with Gasteiger partial charge in [-0.05, 0) is 61.6 Å². The number of fused-ring (bicyclic) bond motifs is 3. The van der Waals surface area contributed by atoms with Crippen molar-refractivity contribution in [3.8, 4) is 5.75 Å². The van der Waals surface area contributed by atoms with Gasteiger partial charge in [0.15, 0.2) is 21.4 Å². The van der Waals surface area contributed by atoms with E-state index in [9.17, 15) is 12.8 Å². The number of benzene rings is 2. The van der Waals surface area contributed by atoms with Gasteiger partial charge in [0.05, 0.1) is 17.1 Å². The zero-order valence-corrected chi connectivity index (χ0v) is 18.5. The Balaban J connectivity index is 1.99. The Hall–Kier alpha value is -0.930. The molecule has 28 heavy (non-hydrogen) atoms. The molecule has 4 rings (SSSR count). The molecule has 0 amide bonds. The molecule has 3 atom stereocenters. The summed E-state index contributed by atoms with van der Waals surface area (Å²) in [6.07, 6.45) is 1.44. The molecule has 0 aromatic heterocycles. The maximum absolute atomic E-state index is 15.0. The highest BCUT2D eigenvalue weighted by Crippen LogP contribution is 2.57. The molecule has 3 nitrogen and oxygen atoms in total. The van der Waals surface area contributed by atoms with Crippen LogP contribution in [0.1, 0.15) is 24.8 Å². The van der Waals surface area contributed by atoms with E-state index < -0.39 is 32.1 Å². The van der Waals surface area contributed by atoms with Crippen LogP contribution < -0.4 is 4.74 Å². The van der Waals surface area contributed by atoms with Gasteiger partial charge in [0.2, 0.25) is 0 Å². The monoisotopic (exact) mass is 538 g/mol. The first-order valence-corrected chi connectivity index (χ1v) is 12.4. The molecule has 1 heterocycles. The number of ether oxygens (including phenoxy) is 1. The smallest absolute Gasteiger partial charge is 0.188 e. The molecule has 1 aliphatic carbocycles. The van der Waals surface area contributed by atoms with E-state index in [2.05, 4.69) is 22.6 Å². The fourth-order valence-corrected chi connectivity index (χ4v) is 7.86. The third-order valence-corrected chi connectivity index (χ3v) is 10.0. The van der Waals surface area contributed by atoms with Gasteiger partial charge in [-0.15, -0.1) is 0 Å². The van der Waals surface area contributed by atoms with Crippen LogP contribution in [0.4, 0.5) is 8.78 Å². The Morgan fingerprint density at radius 3 is 2.50 bits per heavy atom. The number of hydrogen-bond acceptors (Lipinski definition) is 3. The van der Waals surface area contributed by atoms with Crippen molar-refractivity contribution in [3.63, 3.8) is 0 Å². The first kappa shape index (κ1) is 20.3. The van der Waals surface area contributed by atoms with Crippen molar-refractivity contribution < 1.29 is 21.9 Å². The summed E-state index contributed by atoms with van der Waals surface area (Å²) < 4.78 is 62.2. The summed E-state index contributed by atoms with van der Waals surface area (Å²) in [5.41, 5.74) is -0.161. The van der Waals surface area contributed by atoms with Crippen LogP contribution in [0.3, 0.4) is 0 Å². The van der Waals surface area contributed by atoms with Crippen LogP contribution in [0.15, 0.2) is 41.3 Å². The number of alkyl halides is 1. The second kappa shape index (κ2) is 7.40. The fourth-order valence-electron chi connectivity index (χ4n) is 4.57. The molecule has 1 saturated carbocycles. The molecule has 2 aromatic carbocycles. The molecular weight excluding hydrogens is 521 g/mol. The molecule has 0 bridgehead atoms. The third kappa shape index (κ3) is 2.96. The van der Waals surface area contributed by atoms with Gasteiger partial charge in [-0.3, -0.25) is 0 Å². The highest BCUT2D eigenvalue weighted by molar-refractivity contribution is 14.1. The van der Waals surface area contributed by atoms with Crippen LogP contribution in [0.2, 0.25) is 5.02 Å². The van der Waals surface area contributed by atoms with E-state index in [0.29, 0.717) is 23.8 Å². The third-order valence-electron chi connectivity index (χ3n) is 5.93. The summed E-state index contributed by atoms with van der Waals surface area (Å²) in [7, 11) is -4.03. The summed E-state index contributed by atoms with van der Waals surface area (Å²) in [5, 5.41) is 0.409. The molecule has 0 spiro atoms. The van der Waals surface area contributed by atoms with Gasteiger partial charge in [-0.2, -0.15) is 0 Å². The Kier molecular flexibility index (Phi) is 5.37. The first-order chi connectivity index (χ1) is 13.3. The summed E-state index contributed by atoms with van der Waals surface area (Å²) in [4.78, 5) is 0.0614. The lowest BCUT2D eigenvalue weighted by atomic mass is 9.69. The van der Waals surface area contributed by atoms with Gasteiger partial charge in [0.25, 0.3) is 0 Å². The molecule has 0 N–H and O–H groups in total. The minimum atomic E-state index is -4.03. The van der Waals surface area contributed by atoms with E-state index in [0.717, 1.165) is 16.6 Å². The lowest BCUT2D eigenvalue weighted by Gasteiger charge is -2.48. The van der Waals surface area contributed by atoms with Crippen molar-refractivity contribution in [1.29, 1.82) is 0 Å². The zero-order valence-electron chi connectivity index (χ0n) is 14.8. The summed E-state index contributed by atoms with van der Waals surface area (Å²) in [5.74, 6) is -1.89. The van der Waals surface area contributed by atoms with E-state index in [4.69, 9.17) is 16.3 Å². The van der Waals surface area contributed by atoms with Gasteiger partial charge in [0.1, 0.15) is 10.6 Å².